The molecule has 31 heavy (non-hydrogen) atoms. The summed E-state index contributed by atoms with van der Waals surface area (Å²) in [6, 6.07) is 0. The van der Waals surface area contributed by atoms with Crippen molar-refractivity contribution in [2.24, 2.45) is 11.8 Å². The Labute approximate surface area is 165 Å². The van der Waals surface area contributed by atoms with Gasteiger partial charge in [-0.1, -0.05) is 6.58 Å². The van der Waals surface area contributed by atoms with E-state index in [1.54, 1.807) is 0 Å². The van der Waals surface area contributed by atoms with Crippen molar-refractivity contribution in [3.8, 4) is 0 Å². The molecule has 1 aliphatic carbocycles. The number of rotatable bonds is 4. The first kappa shape index (κ1) is 27.3. The number of carbonyl (C=O) groups excluding carboxylic acids is 1. The van der Waals surface area contributed by atoms with Crippen molar-refractivity contribution in [3.05, 3.63) is 12.2 Å². The summed E-state index contributed by atoms with van der Waals surface area (Å²) in [5.41, 5.74) is -12.5. The van der Waals surface area contributed by atoms with Crippen LogP contribution in [0.5, 0.6) is 0 Å². The Bertz CT molecular complexity index is 629. The van der Waals surface area contributed by atoms with Gasteiger partial charge in [0, 0.05) is 17.4 Å². The van der Waals surface area contributed by atoms with Gasteiger partial charge in [-0.2, -0.15) is 52.7 Å². The Kier molecular flexibility index (Phi) is 6.79. The summed E-state index contributed by atoms with van der Waals surface area (Å²) in [6.07, 6.45) is -33.6. The Balaban J connectivity index is 3.79. The Morgan fingerprint density at radius 2 is 1.00 bits per heavy atom. The SMILES string of the molecule is C=C(C)C(=O)OC1C(C(O)(C(F)(F)F)C(F)(F)F)CCC1C(O)(C(F)(F)F)C(F)(F)F. The molecule has 0 aromatic heterocycles. The van der Waals surface area contributed by atoms with Crippen LogP contribution in [-0.2, 0) is 9.53 Å². The van der Waals surface area contributed by atoms with Crippen LogP contribution in [0.1, 0.15) is 19.8 Å². The summed E-state index contributed by atoms with van der Waals surface area (Å²) in [7, 11) is 0. The minimum absolute atomic E-state index is 0.751. The Morgan fingerprint density at radius 3 is 1.19 bits per heavy atom. The highest BCUT2D eigenvalue weighted by molar-refractivity contribution is 5.87. The summed E-state index contributed by atoms with van der Waals surface area (Å²) in [4.78, 5) is 11.6. The van der Waals surface area contributed by atoms with E-state index in [0.29, 0.717) is 0 Å². The summed E-state index contributed by atoms with van der Waals surface area (Å²) in [6.45, 7) is 3.63. The van der Waals surface area contributed by atoms with Crippen molar-refractivity contribution >= 4 is 5.97 Å². The molecule has 2 unspecified atom stereocenters. The van der Waals surface area contributed by atoms with Crippen LogP contribution >= 0.6 is 0 Å². The van der Waals surface area contributed by atoms with Crippen LogP contribution in [0.25, 0.3) is 0 Å². The zero-order chi connectivity index (χ0) is 25.0. The van der Waals surface area contributed by atoms with Gasteiger partial charge in [0.15, 0.2) is 0 Å². The van der Waals surface area contributed by atoms with Gasteiger partial charge in [-0.15, -0.1) is 0 Å². The van der Waals surface area contributed by atoms with E-state index in [9.17, 15) is 67.7 Å². The number of ether oxygens (including phenoxy) is 1. The minimum Gasteiger partial charge on any atom is -0.458 e. The largest absolute Gasteiger partial charge is 0.458 e. The molecule has 2 N–H and O–H groups in total. The third kappa shape index (κ3) is 4.32. The summed E-state index contributed by atoms with van der Waals surface area (Å²) in [5, 5.41) is 19.0. The highest BCUT2D eigenvalue weighted by Crippen LogP contribution is 2.59. The van der Waals surface area contributed by atoms with Crippen LogP contribution < -0.4 is 0 Å². The molecular formula is C15H14F12O4. The molecular weight excluding hydrogens is 472 g/mol. The molecule has 1 saturated carbocycles. The van der Waals surface area contributed by atoms with Crippen LogP contribution in [-0.4, -0.2) is 58.2 Å². The highest BCUT2D eigenvalue weighted by atomic mass is 19.4. The van der Waals surface area contributed by atoms with Crippen LogP contribution in [0.2, 0.25) is 0 Å². The van der Waals surface area contributed by atoms with Crippen molar-refractivity contribution in [2.45, 2.75) is 61.8 Å². The number of alkyl halides is 12. The summed E-state index contributed by atoms with van der Waals surface area (Å²) >= 11 is 0. The van der Waals surface area contributed by atoms with E-state index in [-0.39, 0.29) is 0 Å². The number of hydrogen-bond acceptors (Lipinski definition) is 4. The van der Waals surface area contributed by atoms with E-state index < -0.39 is 78.2 Å². The van der Waals surface area contributed by atoms with Crippen molar-refractivity contribution < 1.29 is 72.4 Å². The van der Waals surface area contributed by atoms with Gasteiger partial charge in [0.25, 0.3) is 11.2 Å². The lowest BCUT2D eigenvalue weighted by molar-refractivity contribution is -0.402. The molecule has 0 heterocycles. The fraction of sp³-hybridized carbons (Fsp3) is 0.800. The maximum Gasteiger partial charge on any atom is 0.426 e. The van der Waals surface area contributed by atoms with Crippen molar-refractivity contribution in [1.29, 1.82) is 0 Å². The van der Waals surface area contributed by atoms with Gasteiger partial charge in [-0.05, 0) is 19.8 Å². The Hall–Kier alpha value is -1.71. The average molecular weight is 486 g/mol. The lowest BCUT2D eigenvalue weighted by Gasteiger charge is -2.43. The average Bonchev–Trinajstić information content (AvgIpc) is 2.92. The normalized spacial score (nSPS) is 24.3. The molecule has 0 amide bonds. The van der Waals surface area contributed by atoms with Gasteiger partial charge >= 0.3 is 30.7 Å². The second-order valence-electron chi connectivity index (χ2n) is 6.96. The molecule has 182 valence electrons. The predicted octanol–water partition coefficient (Wildman–Crippen LogP) is 4.21. The zero-order valence-corrected chi connectivity index (χ0v) is 15.1. The molecule has 0 bridgehead atoms. The van der Waals surface area contributed by atoms with Gasteiger partial charge in [0.2, 0.25) is 0 Å². The van der Waals surface area contributed by atoms with E-state index in [2.05, 4.69) is 11.3 Å². The maximum absolute atomic E-state index is 13.2. The monoisotopic (exact) mass is 486 g/mol. The first-order valence-electron chi connectivity index (χ1n) is 8.02. The van der Waals surface area contributed by atoms with E-state index in [4.69, 9.17) is 0 Å². The van der Waals surface area contributed by atoms with Gasteiger partial charge < -0.3 is 14.9 Å². The topological polar surface area (TPSA) is 66.8 Å². The number of esters is 1. The molecule has 0 saturated heterocycles. The standard InChI is InChI=1S/C15H14F12O4/c1-5(2)9(28)31-8-6(10(29,12(16,17)18)13(19,20)21)3-4-7(8)11(30,14(22,23)24)15(25,26)27/h6-8,29-30H,1,3-4H2,2H3. The third-order valence-corrected chi connectivity index (χ3v) is 4.98. The summed E-state index contributed by atoms with van der Waals surface area (Å²) < 4.78 is 162. The van der Waals surface area contributed by atoms with Crippen molar-refractivity contribution in [2.75, 3.05) is 0 Å². The number of carbonyl (C=O) groups is 1. The summed E-state index contributed by atoms with van der Waals surface area (Å²) in [5.74, 6) is -9.05. The highest BCUT2D eigenvalue weighted by Gasteiger charge is 2.81. The molecule has 2 atom stereocenters. The lowest BCUT2D eigenvalue weighted by atomic mass is 9.77. The van der Waals surface area contributed by atoms with E-state index >= 15 is 0 Å². The second-order valence-corrected chi connectivity index (χ2v) is 6.96. The molecule has 0 aromatic rings. The van der Waals surface area contributed by atoms with Crippen LogP contribution in [0.4, 0.5) is 52.7 Å². The van der Waals surface area contributed by atoms with Crippen LogP contribution in [0, 0.1) is 11.8 Å². The lowest BCUT2D eigenvalue weighted by Crippen LogP contribution is -2.67. The molecule has 0 radical (unpaired) electrons. The minimum atomic E-state index is -6.65. The van der Waals surface area contributed by atoms with Crippen LogP contribution in [0.15, 0.2) is 12.2 Å². The zero-order valence-electron chi connectivity index (χ0n) is 15.1. The first-order valence-corrected chi connectivity index (χ1v) is 8.02. The van der Waals surface area contributed by atoms with Crippen LogP contribution in [0.3, 0.4) is 0 Å². The quantitative estimate of drug-likeness (QED) is 0.355. The smallest absolute Gasteiger partial charge is 0.426 e. The maximum atomic E-state index is 13.2. The molecule has 0 aliphatic heterocycles. The number of aliphatic hydroxyl groups is 2. The molecule has 0 aromatic carbocycles. The van der Waals surface area contributed by atoms with E-state index in [1.165, 1.54) is 0 Å². The van der Waals surface area contributed by atoms with Gasteiger partial charge in [0.1, 0.15) is 6.10 Å². The predicted molar refractivity (Wildman–Crippen MR) is 75.0 cm³/mol. The first-order chi connectivity index (χ1) is 13.4. The van der Waals surface area contributed by atoms with Gasteiger partial charge in [0.05, 0.1) is 0 Å². The van der Waals surface area contributed by atoms with E-state index in [1.807, 2.05) is 0 Å². The number of halogens is 12. The fourth-order valence-electron chi connectivity index (χ4n) is 3.41. The molecule has 1 rings (SSSR count). The molecule has 1 aliphatic rings. The second kappa shape index (κ2) is 7.71. The van der Waals surface area contributed by atoms with Gasteiger partial charge in [-0.3, -0.25) is 0 Å². The van der Waals surface area contributed by atoms with Crippen molar-refractivity contribution in [3.63, 3.8) is 0 Å². The van der Waals surface area contributed by atoms with Crippen molar-refractivity contribution in [1.82, 2.24) is 0 Å². The van der Waals surface area contributed by atoms with E-state index in [0.717, 1.165) is 6.92 Å². The Morgan fingerprint density at radius 1 is 0.742 bits per heavy atom. The third-order valence-electron chi connectivity index (χ3n) is 4.98. The molecule has 0 spiro atoms. The molecule has 16 heteroatoms. The number of hydrogen-bond donors (Lipinski definition) is 2. The molecule has 4 nitrogen and oxygen atoms in total. The fourth-order valence-corrected chi connectivity index (χ4v) is 3.41. The molecule has 1 fully saturated rings. The van der Waals surface area contributed by atoms with Gasteiger partial charge in [-0.25, -0.2) is 4.79 Å².